The molecule has 0 bridgehead atoms. The molecule has 1 atom stereocenters. The smallest absolute Gasteiger partial charge is 0.175 e. The lowest BCUT2D eigenvalue weighted by Gasteiger charge is -2.15. The first kappa shape index (κ1) is 19.3. The minimum atomic E-state index is 0. The summed E-state index contributed by atoms with van der Waals surface area (Å²) in [6.07, 6.45) is 2.82. The average molecular weight is 365 g/mol. The van der Waals surface area contributed by atoms with Crippen molar-refractivity contribution in [1.29, 1.82) is 0 Å². The summed E-state index contributed by atoms with van der Waals surface area (Å²) < 4.78 is 11.9. The molecule has 1 rings (SSSR count). The van der Waals surface area contributed by atoms with Gasteiger partial charge in [0.05, 0.1) is 11.6 Å². The molecule has 5 heteroatoms. The Morgan fingerprint density at radius 3 is 2.70 bits per heavy atom. The van der Waals surface area contributed by atoms with E-state index in [1.54, 1.807) is 13.2 Å². The molecule has 0 aromatic heterocycles. The van der Waals surface area contributed by atoms with Gasteiger partial charge in [0, 0.05) is 12.6 Å². The van der Waals surface area contributed by atoms with E-state index in [0.717, 1.165) is 34.5 Å². The van der Waals surface area contributed by atoms with Gasteiger partial charge in [-0.15, -0.1) is 12.4 Å². The third-order valence-electron chi connectivity index (χ3n) is 2.90. The van der Waals surface area contributed by atoms with Crippen molar-refractivity contribution < 1.29 is 9.47 Å². The van der Waals surface area contributed by atoms with Crippen LogP contribution in [0.3, 0.4) is 0 Å². The topological polar surface area (TPSA) is 30.5 Å². The van der Waals surface area contributed by atoms with Gasteiger partial charge in [-0.3, -0.25) is 0 Å². The molecular formula is C15H23BrClNO2. The monoisotopic (exact) mass is 363 g/mol. The Balaban J connectivity index is 0.00000361. The lowest BCUT2D eigenvalue weighted by molar-refractivity contribution is 0.324. The van der Waals surface area contributed by atoms with Crippen LogP contribution >= 0.6 is 28.3 Å². The first-order valence-corrected chi connectivity index (χ1v) is 7.25. The van der Waals surface area contributed by atoms with Gasteiger partial charge in [0.2, 0.25) is 0 Å². The number of rotatable bonds is 8. The highest BCUT2D eigenvalue weighted by atomic mass is 79.9. The summed E-state index contributed by atoms with van der Waals surface area (Å²) in [5.41, 5.74) is 1.16. The maximum Gasteiger partial charge on any atom is 0.175 e. The van der Waals surface area contributed by atoms with Crippen molar-refractivity contribution in [3.63, 3.8) is 0 Å². The number of halogens is 2. The Morgan fingerprint density at radius 1 is 1.45 bits per heavy atom. The first-order chi connectivity index (χ1) is 9.12. The van der Waals surface area contributed by atoms with Gasteiger partial charge < -0.3 is 14.8 Å². The molecule has 20 heavy (non-hydrogen) atoms. The second-order valence-corrected chi connectivity index (χ2v) is 5.25. The maximum atomic E-state index is 5.60. The second-order valence-electron chi connectivity index (χ2n) is 4.40. The summed E-state index contributed by atoms with van der Waals surface area (Å²) >= 11 is 3.53. The van der Waals surface area contributed by atoms with E-state index < -0.39 is 0 Å². The largest absolute Gasteiger partial charge is 0.493 e. The number of methoxy groups -OCH3 is 1. The van der Waals surface area contributed by atoms with Crippen LogP contribution in [0, 0.1) is 0 Å². The molecule has 0 fully saturated rings. The number of hydrogen-bond donors (Lipinski definition) is 1. The van der Waals surface area contributed by atoms with E-state index in [1.165, 1.54) is 0 Å². The predicted octanol–water partition coefficient (Wildman–Crippen LogP) is 4.33. The van der Waals surface area contributed by atoms with Crippen LogP contribution in [0.1, 0.15) is 25.8 Å². The maximum absolute atomic E-state index is 5.60. The fourth-order valence-corrected chi connectivity index (χ4v) is 2.20. The van der Waals surface area contributed by atoms with Crippen molar-refractivity contribution in [2.75, 3.05) is 13.7 Å². The SMILES string of the molecule is C=CCOc1c(Br)cc(CNC(C)CC)cc1OC.Cl. The minimum Gasteiger partial charge on any atom is -0.493 e. The number of ether oxygens (including phenoxy) is 2. The summed E-state index contributed by atoms with van der Waals surface area (Å²) in [7, 11) is 1.65. The normalized spacial score (nSPS) is 11.4. The molecule has 1 unspecified atom stereocenters. The van der Waals surface area contributed by atoms with Gasteiger partial charge in [0.1, 0.15) is 6.61 Å². The minimum absolute atomic E-state index is 0. The van der Waals surface area contributed by atoms with E-state index in [-0.39, 0.29) is 12.4 Å². The molecule has 0 aliphatic heterocycles. The lowest BCUT2D eigenvalue weighted by Crippen LogP contribution is -2.24. The van der Waals surface area contributed by atoms with Crippen LogP contribution in [0.5, 0.6) is 11.5 Å². The summed E-state index contributed by atoms with van der Waals surface area (Å²) in [6.45, 7) is 9.26. The van der Waals surface area contributed by atoms with Crippen LogP contribution in [0.4, 0.5) is 0 Å². The van der Waals surface area contributed by atoms with E-state index in [9.17, 15) is 0 Å². The van der Waals surface area contributed by atoms with Gasteiger partial charge >= 0.3 is 0 Å². The van der Waals surface area contributed by atoms with Gasteiger partial charge in [0.15, 0.2) is 11.5 Å². The molecule has 0 radical (unpaired) electrons. The quantitative estimate of drug-likeness (QED) is 0.696. The molecule has 0 aliphatic carbocycles. The van der Waals surface area contributed by atoms with Gasteiger partial charge in [-0.2, -0.15) is 0 Å². The Hall–Kier alpha value is -0.710. The number of benzene rings is 1. The first-order valence-electron chi connectivity index (χ1n) is 6.45. The Bertz CT molecular complexity index is 427. The summed E-state index contributed by atoms with van der Waals surface area (Å²) in [5.74, 6) is 1.45. The van der Waals surface area contributed by atoms with Crippen LogP contribution in [0.2, 0.25) is 0 Å². The second kappa shape index (κ2) is 10.1. The van der Waals surface area contributed by atoms with Crippen molar-refractivity contribution in [3.8, 4) is 11.5 Å². The molecule has 1 aromatic carbocycles. The standard InChI is InChI=1S/C15H22BrNO2.ClH/c1-5-7-19-15-13(16)8-12(9-14(15)18-4)10-17-11(3)6-2;/h5,8-9,11,17H,1,6-7,10H2,2-4H3;1H. The molecule has 0 spiro atoms. The van der Waals surface area contributed by atoms with Gasteiger partial charge in [0.25, 0.3) is 0 Å². The Kier molecular flexibility index (Phi) is 9.72. The zero-order valence-electron chi connectivity index (χ0n) is 12.2. The van der Waals surface area contributed by atoms with Gasteiger partial charge in [-0.05, 0) is 47.0 Å². The highest BCUT2D eigenvalue weighted by Gasteiger charge is 2.11. The van der Waals surface area contributed by atoms with Crippen LogP contribution in [0.15, 0.2) is 29.3 Å². The van der Waals surface area contributed by atoms with Gasteiger partial charge in [-0.1, -0.05) is 19.6 Å². The molecule has 114 valence electrons. The number of nitrogens with one attached hydrogen (secondary N) is 1. The van der Waals surface area contributed by atoms with Crippen LogP contribution < -0.4 is 14.8 Å². The molecule has 0 saturated heterocycles. The zero-order valence-corrected chi connectivity index (χ0v) is 14.6. The molecular weight excluding hydrogens is 342 g/mol. The fourth-order valence-electron chi connectivity index (χ4n) is 1.59. The molecule has 0 aliphatic rings. The van der Waals surface area contributed by atoms with E-state index in [1.807, 2.05) is 6.07 Å². The Labute approximate surface area is 136 Å². The van der Waals surface area contributed by atoms with Crippen molar-refractivity contribution in [2.45, 2.75) is 32.9 Å². The van der Waals surface area contributed by atoms with Crippen molar-refractivity contribution in [3.05, 3.63) is 34.8 Å². The van der Waals surface area contributed by atoms with Crippen LogP contribution in [0.25, 0.3) is 0 Å². The van der Waals surface area contributed by atoms with E-state index in [2.05, 4.69) is 47.7 Å². The van der Waals surface area contributed by atoms with Crippen molar-refractivity contribution in [1.82, 2.24) is 5.32 Å². The third kappa shape index (κ3) is 5.73. The van der Waals surface area contributed by atoms with E-state index >= 15 is 0 Å². The molecule has 0 amide bonds. The third-order valence-corrected chi connectivity index (χ3v) is 3.49. The van der Waals surface area contributed by atoms with Crippen LogP contribution in [-0.4, -0.2) is 19.8 Å². The molecule has 3 nitrogen and oxygen atoms in total. The zero-order chi connectivity index (χ0) is 14.3. The van der Waals surface area contributed by atoms with Crippen molar-refractivity contribution in [2.24, 2.45) is 0 Å². The molecule has 0 saturated carbocycles. The summed E-state index contributed by atoms with van der Waals surface area (Å²) in [6, 6.07) is 4.55. The molecule has 1 aromatic rings. The van der Waals surface area contributed by atoms with E-state index in [4.69, 9.17) is 9.47 Å². The highest BCUT2D eigenvalue weighted by Crippen LogP contribution is 2.36. The molecule has 0 heterocycles. The van der Waals surface area contributed by atoms with Crippen molar-refractivity contribution >= 4 is 28.3 Å². The summed E-state index contributed by atoms with van der Waals surface area (Å²) in [5, 5.41) is 3.46. The molecule has 1 N–H and O–H groups in total. The average Bonchev–Trinajstić information content (AvgIpc) is 2.42. The number of hydrogen-bond acceptors (Lipinski definition) is 3. The Morgan fingerprint density at radius 2 is 2.15 bits per heavy atom. The highest BCUT2D eigenvalue weighted by molar-refractivity contribution is 9.10. The summed E-state index contributed by atoms with van der Waals surface area (Å²) in [4.78, 5) is 0. The van der Waals surface area contributed by atoms with Gasteiger partial charge in [-0.25, -0.2) is 0 Å². The fraction of sp³-hybridized carbons (Fsp3) is 0.467. The predicted molar refractivity (Wildman–Crippen MR) is 90.2 cm³/mol. The van der Waals surface area contributed by atoms with E-state index in [0.29, 0.717) is 12.6 Å². The lowest BCUT2D eigenvalue weighted by atomic mass is 10.1. The van der Waals surface area contributed by atoms with Crippen LogP contribution in [-0.2, 0) is 6.54 Å².